The number of likely N-dealkylation sites (N-methyl/N-ethyl adjacent to an activating group) is 1. The summed E-state index contributed by atoms with van der Waals surface area (Å²) in [5.74, 6) is 1.96. The predicted molar refractivity (Wildman–Crippen MR) is 75.0 cm³/mol. The van der Waals surface area contributed by atoms with Crippen LogP contribution < -0.4 is 5.32 Å². The lowest BCUT2D eigenvalue weighted by atomic mass is 9.97. The molecule has 0 aliphatic carbocycles. The summed E-state index contributed by atoms with van der Waals surface area (Å²) in [5, 5.41) is 3.05. The van der Waals surface area contributed by atoms with Gasteiger partial charge in [0.2, 0.25) is 0 Å². The summed E-state index contributed by atoms with van der Waals surface area (Å²) in [5.41, 5.74) is -0.556. The SMILES string of the molecule is CNC(C)(CCCSCC1CCCO1)C(=O)OC. The van der Waals surface area contributed by atoms with Crippen LogP contribution in [0.15, 0.2) is 0 Å². The van der Waals surface area contributed by atoms with Crippen LogP contribution in [0, 0.1) is 0 Å². The van der Waals surface area contributed by atoms with Gasteiger partial charge in [-0.15, -0.1) is 0 Å². The van der Waals surface area contributed by atoms with Crippen molar-refractivity contribution in [2.75, 3.05) is 32.3 Å². The number of thioether (sulfide) groups is 1. The first-order valence-electron chi connectivity index (χ1n) is 6.59. The normalized spacial score (nSPS) is 22.7. The van der Waals surface area contributed by atoms with Gasteiger partial charge < -0.3 is 14.8 Å². The van der Waals surface area contributed by atoms with E-state index in [4.69, 9.17) is 9.47 Å². The zero-order valence-electron chi connectivity index (χ0n) is 11.7. The number of esters is 1. The molecule has 4 nitrogen and oxygen atoms in total. The number of hydrogen-bond acceptors (Lipinski definition) is 5. The fourth-order valence-electron chi connectivity index (χ4n) is 2.07. The molecule has 0 aromatic heterocycles. The van der Waals surface area contributed by atoms with E-state index in [9.17, 15) is 4.79 Å². The molecule has 0 spiro atoms. The van der Waals surface area contributed by atoms with E-state index in [-0.39, 0.29) is 5.97 Å². The zero-order chi connectivity index (χ0) is 13.4. The lowest BCUT2D eigenvalue weighted by Gasteiger charge is -2.25. The summed E-state index contributed by atoms with van der Waals surface area (Å²) in [6, 6.07) is 0. The summed E-state index contributed by atoms with van der Waals surface area (Å²) in [6.45, 7) is 2.81. The van der Waals surface area contributed by atoms with Gasteiger partial charge >= 0.3 is 5.97 Å². The quantitative estimate of drug-likeness (QED) is 0.541. The highest BCUT2D eigenvalue weighted by atomic mass is 32.2. The lowest BCUT2D eigenvalue weighted by Crippen LogP contribution is -2.48. The molecule has 1 fully saturated rings. The number of nitrogens with one attached hydrogen (secondary N) is 1. The van der Waals surface area contributed by atoms with Crippen molar-refractivity contribution in [2.45, 2.75) is 44.2 Å². The molecule has 1 rings (SSSR count). The van der Waals surface area contributed by atoms with Gasteiger partial charge in [0.1, 0.15) is 5.54 Å². The van der Waals surface area contributed by atoms with Gasteiger partial charge in [-0.25, -0.2) is 0 Å². The van der Waals surface area contributed by atoms with Gasteiger partial charge in [0.05, 0.1) is 13.2 Å². The third-order valence-electron chi connectivity index (χ3n) is 3.48. The van der Waals surface area contributed by atoms with Crippen LogP contribution in [0.1, 0.15) is 32.6 Å². The van der Waals surface area contributed by atoms with Crippen LogP contribution in [0.25, 0.3) is 0 Å². The van der Waals surface area contributed by atoms with Crippen LogP contribution in [-0.2, 0) is 14.3 Å². The Morgan fingerprint density at radius 1 is 1.61 bits per heavy atom. The minimum atomic E-state index is -0.556. The first-order valence-corrected chi connectivity index (χ1v) is 7.74. The van der Waals surface area contributed by atoms with Crippen molar-refractivity contribution in [3.8, 4) is 0 Å². The number of carbonyl (C=O) groups is 1. The minimum Gasteiger partial charge on any atom is -0.468 e. The molecule has 1 N–H and O–H groups in total. The second-order valence-corrected chi connectivity index (χ2v) is 6.04. The maximum atomic E-state index is 11.6. The number of hydrogen-bond donors (Lipinski definition) is 1. The Kier molecular flexibility index (Phi) is 7.04. The van der Waals surface area contributed by atoms with Crippen LogP contribution in [0.3, 0.4) is 0 Å². The molecular weight excluding hydrogens is 250 g/mol. The fraction of sp³-hybridized carbons (Fsp3) is 0.923. The third-order valence-corrected chi connectivity index (χ3v) is 4.67. The van der Waals surface area contributed by atoms with E-state index >= 15 is 0 Å². The highest BCUT2D eigenvalue weighted by molar-refractivity contribution is 7.99. The van der Waals surface area contributed by atoms with Crippen molar-refractivity contribution in [1.29, 1.82) is 0 Å². The van der Waals surface area contributed by atoms with Gasteiger partial charge in [-0.1, -0.05) is 0 Å². The van der Waals surface area contributed by atoms with E-state index in [2.05, 4.69) is 5.32 Å². The van der Waals surface area contributed by atoms with Crippen LogP contribution in [-0.4, -0.2) is 49.9 Å². The summed E-state index contributed by atoms with van der Waals surface area (Å²) in [6.07, 6.45) is 4.65. The summed E-state index contributed by atoms with van der Waals surface area (Å²) in [4.78, 5) is 11.6. The minimum absolute atomic E-state index is 0.186. The van der Waals surface area contributed by atoms with Crippen molar-refractivity contribution in [3.05, 3.63) is 0 Å². The van der Waals surface area contributed by atoms with E-state index in [0.29, 0.717) is 6.10 Å². The number of rotatable bonds is 8. The molecule has 1 heterocycles. The Bertz CT molecular complexity index is 257. The second-order valence-electron chi connectivity index (χ2n) is 4.89. The van der Waals surface area contributed by atoms with E-state index in [1.54, 1.807) is 7.05 Å². The topological polar surface area (TPSA) is 47.6 Å². The monoisotopic (exact) mass is 275 g/mol. The average Bonchev–Trinajstić information content (AvgIpc) is 2.90. The van der Waals surface area contributed by atoms with Crippen molar-refractivity contribution >= 4 is 17.7 Å². The van der Waals surface area contributed by atoms with Crippen molar-refractivity contribution < 1.29 is 14.3 Å². The smallest absolute Gasteiger partial charge is 0.325 e. The fourth-order valence-corrected chi connectivity index (χ4v) is 3.11. The van der Waals surface area contributed by atoms with Crippen LogP contribution >= 0.6 is 11.8 Å². The maximum absolute atomic E-state index is 11.6. The molecule has 0 bridgehead atoms. The van der Waals surface area contributed by atoms with Gasteiger partial charge in [0.25, 0.3) is 0 Å². The molecule has 1 saturated heterocycles. The second kappa shape index (κ2) is 8.02. The van der Waals surface area contributed by atoms with Gasteiger partial charge in [-0.3, -0.25) is 4.79 Å². The Morgan fingerprint density at radius 3 is 2.94 bits per heavy atom. The molecule has 1 aliphatic rings. The van der Waals surface area contributed by atoms with Crippen molar-refractivity contribution in [1.82, 2.24) is 5.32 Å². The standard InChI is InChI=1S/C13H25NO3S/c1-13(14-2,12(15)16-3)7-5-9-18-10-11-6-4-8-17-11/h11,14H,4-10H2,1-3H3. The van der Waals surface area contributed by atoms with E-state index in [1.165, 1.54) is 20.0 Å². The number of carbonyl (C=O) groups excluding carboxylic acids is 1. The Balaban J connectivity index is 2.13. The molecule has 2 atom stereocenters. The number of methoxy groups -OCH3 is 1. The Hall–Kier alpha value is -0.260. The van der Waals surface area contributed by atoms with Gasteiger partial charge in [-0.2, -0.15) is 11.8 Å². The van der Waals surface area contributed by atoms with Gasteiger partial charge in [-0.05, 0) is 45.4 Å². The highest BCUT2D eigenvalue weighted by Gasteiger charge is 2.31. The van der Waals surface area contributed by atoms with Gasteiger partial charge in [0.15, 0.2) is 0 Å². The predicted octanol–water partition coefficient (Wildman–Crippen LogP) is 1.83. The van der Waals surface area contributed by atoms with Crippen molar-refractivity contribution in [2.24, 2.45) is 0 Å². The molecule has 0 radical (unpaired) electrons. The summed E-state index contributed by atoms with van der Waals surface area (Å²) >= 11 is 1.92. The molecule has 5 heteroatoms. The number of ether oxygens (including phenoxy) is 2. The molecule has 0 saturated carbocycles. The largest absolute Gasteiger partial charge is 0.468 e. The molecule has 1 aliphatic heterocycles. The van der Waals surface area contributed by atoms with Gasteiger partial charge in [0, 0.05) is 12.4 Å². The Morgan fingerprint density at radius 2 is 2.39 bits per heavy atom. The molecule has 106 valence electrons. The molecule has 18 heavy (non-hydrogen) atoms. The van der Waals surface area contributed by atoms with Crippen LogP contribution in [0.2, 0.25) is 0 Å². The molecule has 2 unspecified atom stereocenters. The first kappa shape index (κ1) is 15.8. The van der Waals surface area contributed by atoms with E-state index < -0.39 is 5.54 Å². The Labute approximate surface area is 114 Å². The third kappa shape index (κ3) is 4.78. The molecule has 0 aromatic rings. The van der Waals surface area contributed by atoms with Crippen LogP contribution in [0.4, 0.5) is 0 Å². The first-order chi connectivity index (χ1) is 8.62. The maximum Gasteiger partial charge on any atom is 0.325 e. The highest BCUT2D eigenvalue weighted by Crippen LogP contribution is 2.20. The van der Waals surface area contributed by atoms with E-state index in [0.717, 1.165) is 31.0 Å². The molecule has 0 amide bonds. The summed E-state index contributed by atoms with van der Waals surface area (Å²) < 4.78 is 10.4. The zero-order valence-corrected chi connectivity index (χ0v) is 12.5. The van der Waals surface area contributed by atoms with Crippen LogP contribution in [0.5, 0.6) is 0 Å². The van der Waals surface area contributed by atoms with Crippen molar-refractivity contribution in [3.63, 3.8) is 0 Å². The molecule has 0 aromatic carbocycles. The van der Waals surface area contributed by atoms with E-state index in [1.807, 2.05) is 18.7 Å². The average molecular weight is 275 g/mol. The lowest BCUT2D eigenvalue weighted by molar-refractivity contribution is -0.148. The molecular formula is C13H25NO3S. The summed E-state index contributed by atoms with van der Waals surface area (Å²) in [7, 11) is 3.24.